The lowest BCUT2D eigenvalue weighted by Gasteiger charge is -1.74. The summed E-state index contributed by atoms with van der Waals surface area (Å²) in [5, 5.41) is 0. The van der Waals surface area contributed by atoms with Gasteiger partial charge in [0.15, 0.2) is 0 Å². The maximum atomic E-state index is 3.78. The Balaban J connectivity index is 3.09. The Morgan fingerprint density at radius 2 is 2.43 bits per heavy atom. The van der Waals surface area contributed by atoms with E-state index in [9.17, 15) is 0 Å². The van der Waals surface area contributed by atoms with Crippen LogP contribution < -0.4 is 3.53 Å². The fourth-order valence-corrected chi connectivity index (χ4v) is 0.318. The van der Waals surface area contributed by atoms with E-state index in [1.165, 1.54) is 0 Å². The molecule has 0 aromatic carbocycles. The van der Waals surface area contributed by atoms with Crippen LogP contribution in [0.4, 0.5) is 0 Å². The molecule has 40 valence electrons. The molecule has 0 aromatic rings. The quantitative estimate of drug-likeness (QED) is 0.317. The fourth-order valence-electron chi connectivity index (χ4n) is 0.157. The van der Waals surface area contributed by atoms with E-state index in [1.54, 1.807) is 12.5 Å². The molecule has 0 saturated carbocycles. The number of halogens is 1. The molecule has 0 heterocycles. The molecule has 0 rings (SSSR count). The predicted octanol–water partition coefficient (Wildman–Crippen LogP) is 1.49. The van der Waals surface area contributed by atoms with E-state index in [0.717, 1.165) is 0 Å². The molecule has 7 heavy (non-hydrogen) atoms. The second kappa shape index (κ2) is 5.94. The first kappa shape index (κ1) is 6.94. The highest BCUT2D eigenvalue weighted by Gasteiger charge is 1.55. The van der Waals surface area contributed by atoms with Gasteiger partial charge < -0.3 is 3.53 Å². The van der Waals surface area contributed by atoms with Crippen molar-refractivity contribution < 1.29 is 0 Å². The second-order valence-electron chi connectivity index (χ2n) is 0.870. The third-order valence-electron chi connectivity index (χ3n) is 0.358. The van der Waals surface area contributed by atoms with Crippen LogP contribution in [0.25, 0.3) is 0 Å². The molecule has 0 spiro atoms. The van der Waals surface area contributed by atoms with E-state index in [1.807, 2.05) is 35.9 Å². The Morgan fingerprint density at radius 1 is 1.71 bits per heavy atom. The van der Waals surface area contributed by atoms with Crippen LogP contribution in [0.15, 0.2) is 17.3 Å². The van der Waals surface area contributed by atoms with Gasteiger partial charge in [0, 0.05) is 6.20 Å². The summed E-state index contributed by atoms with van der Waals surface area (Å²) < 4.78 is 2.73. The number of hydrogen-bond donors (Lipinski definition) is 1. The van der Waals surface area contributed by atoms with Crippen LogP contribution in [0.1, 0.15) is 6.92 Å². The van der Waals surface area contributed by atoms with Gasteiger partial charge in [-0.15, -0.1) is 0 Å². The highest BCUT2D eigenvalue weighted by Crippen LogP contribution is 1.69. The van der Waals surface area contributed by atoms with Crippen molar-refractivity contribution in [2.75, 3.05) is 0 Å². The summed E-state index contributed by atoms with van der Waals surface area (Å²) in [6.07, 6.45) is 5.19. The van der Waals surface area contributed by atoms with Gasteiger partial charge in [-0.25, -0.2) is 4.99 Å². The highest BCUT2D eigenvalue weighted by atomic mass is 127. The molecule has 0 aliphatic rings. The molecule has 0 aliphatic heterocycles. The van der Waals surface area contributed by atoms with Gasteiger partial charge in [-0.3, -0.25) is 0 Å². The summed E-state index contributed by atoms with van der Waals surface area (Å²) in [5.74, 6) is 0. The first-order valence-electron chi connectivity index (χ1n) is 1.90. The molecular formula is C4H7IN2. The average Bonchev–Trinajstić information content (AvgIpc) is 1.69. The molecule has 0 unspecified atom stereocenters. The lowest BCUT2D eigenvalue weighted by molar-refractivity contribution is 1.50. The highest BCUT2D eigenvalue weighted by molar-refractivity contribution is 14.1. The monoisotopic (exact) mass is 210 g/mol. The minimum Gasteiger partial charge on any atom is -0.319 e. The lowest BCUT2D eigenvalue weighted by atomic mass is 10.7. The van der Waals surface area contributed by atoms with Crippen molar-refractivity contribution in [3.05, 3.63) is 12.3 Å². The third kappa shape index (κ3) is 5.94. The summed E-state index contributed by atoms with van der Waals surface area (Å²) in [6, 6.07) is 0. The van der Waals surface area contributed by atoms with Gasteiger partial charge in [0.1, 0.15) is 0 Å². The summed E-state index contributed by atoms with van der Waals surface area (Å²) in [4.78, 5) is 3.78. The molecule has 0 fully saturated rings. The van der Waals surface area contributed by atoms with Crippen LogP contribution in [0.5, 0.6) is 0 Å². The Hall–Kier alpha value is -0.0600. The first-order chi connectivity index (χ1) is 3.41. The molecule has 1 N–H and O–H groups in total. The zero-order chi connectivity index (χ0) is 5.54. The fraction of sp³-hybridized carbons (Fsp3) is 0.250. The van der Waals surface area contributed by atoms with Crippen molar-refractivity contribution in [2.45, 2.75) is 6.92 Å². The number of nitrogens with zero attached hydrogens (tertiary/aromatic N) is 1. The van der Waals surface area contributed by atoms with E-state index in [0.29, 0.717) is 0 Å². The smallest absolute Gasteiger partial charge is 0.0965 e. The normalized spacial score (nSPS) is 11.1. The molecule has 0 aromatic heterocycles. The summed E-state index contributed by atoms with van der Waals surface area (Å²) in [6.45, 7) is 1.92. The summed E-state index contributed by atoms with van der Waals surface area (Å²) >= 11 is 1.99. The molecule has 0 saturated heterocycles. The van der Waals surface area contributed by atoms with E-state index in [2.05, 4.69) is 8.52 Å². The SMILES string of the molecule is C/C=C\N=C/NI. The van der Waals surface area contributed by atoms with Gasteiger partial charge in [-0.2, -0.15) is 0 Å². The Morgan fingerprint density at radius 3 is 2.86 bits per heavy atom. The van der Waals surface area contributed by atoms with Crippen LogP contribution in [0.2, 0.25) is 0 Å². The van der Waals surface area contributed by atoms with Crippen molar-refractivity contribution in [1.82, 2.24) is 3.53 Å². The first-order valence-corrected chi connectivity index (χ1v) is 2.98. The van der Waals surface area contributed by atoms with Crippen molar-refractivity contribution in [3.8, 4) is 0 Å². The minimum atomic E-state index is 1.61. The number of nitrogens with one attached hydrogen (secondary N) is 1. The minimum absolute atomic E-state index is 1.61. The van der Waals surface area contributed by atoms with Crippen LogP contribution in [-0.4, -0.2) is 6.34 Å². The van der Waals surface area contributed by atoms with E-state index in [4.69, 9.17) is 0 Å². The predicted molar refractivity (Wildman–Crippen MR) is 40.5 cm³/mol. The van der Waals surface area contributed by atoms with Gasteiger partial charge in [-0.05, 0) is 6.92 Å². The van der Waals surface area contributed by atoms with Crippen molar-refractivity contribution in [3.63, 3.8) is 0 Å². The molecular weight excluding hydrogens is 203 g/mol. The Kier molecular flexibility index (Phi) is 5.89. The maximum absolute atomic E-state index is 3.78. The molecule has 0 atom stereocenters. The van der Waals surface area contributed by atoms with Crippen LogP contribution in [0, 0.1) is 0 Å². The molecule has 0 bridgehead atoms. The van der Waals surface area contributed by atoms with Gasteiger partial charge in [-0.1, -0.05) is 6.08 Å². The van der Waals surface area contributed by atoms with Crippen LogP contribution in [0.3, 0.4) is 0 Å². The van der Waals surface area contributed by atoms with Crippen molar-refractivity contribution >= 4 is 29.2 Å². The van der Waals surface area contributed by atoms with Crippen LogP contribution in [-0.2, 0) is 0 Å². The lowest BCUT2D eigenvalue weighted by Crippen LogP contribution is -1.87. The third-order valence-corrected chi connectivity index (χ3v) is 0.637. The topological polar surface area (TPSA) is 24.4 Å². The van der Waals surface area contributed by atoms with Crippen molar-refractivity contribution in [2.24, 2.45) is 4.99 Å². The summed E-state index contributed by atoms with van der Waals surface area (Å²) in [5.41, 5.74) is 0. The molecule has 0 aliphatic carbocycles. The largest absolute Gasteiger partial charge is 0.319 e. The molecule has 3 heteroatoms. The zero-order valence-electron chi connectivity index (χ0n) is 4.06. The van der Waals surface area contributed by atoms with Gasteiger partial charge in [0.05, 0.1) is 29.2 Å². The van der Waals surface area contributed by atoms with E-state index < -0.39 is 0 Å². The maximum Gasteiger partial charge on any atom is 0.0965 e. The van der Waals surface area contributed by atoms with E-state index >= 15 is 0 Å². The number of allylic oxidation sites excluding steroid dienone is 1. The molecule has 0 amide bonds. The Bertz CT molecular complexity index is 77.8. The number of aliphatic imine (C=N–C) groups is 1. The number of rotatable bonds is 2. The van der Waals surface area contributed by atoms with Gasteiger partial charge in [0.25, 0.3) is 0 Å². The Labute approximate surface area is 57.2 Å². The average molecular weight is 210 g/mol. The van der Waals surface area contributed by atoms with Gasteiger partial charge >= 0.3 is 0 Å². The standard InChI is InChI=1S/C4H7IN2/c1-2-3-6-4-7-5/h2-4H,1H3,(H,6,7)/b3-2-. The van der Waals surface area contributed by atoms with Crippen molar-refractivity contribution in [1.29, 1.82) is 0 Å². The summed E-state index contributed by atoms with van der Waals surface area (Å²) in [7, 11) is 0. The van der Waals surface area contributed by atoms with Gasteiger partial charge in [0.2, 0.25) is 0 Å². The molecule has 2 nitrogen and oxygen atoms in total. The zero-order valence-corrected chi connectivity index (χ0v) is 6.21. The van der Waals surface area contributed by atoms with Crippen LogP contribution >= 0.6 is 22.9 Å². The number of hydrogen-bond acceptors (Lipinski definition) is 1. The van der Waals surface area contributed by atoms with E-state index in [-0.39, 0.29) is 0 Å². The second-order valence-corrected chi connectivity index (χ2v) is 1.49. The molecule has 0 radical (unpaired) electrons.